The van der Waals surface area contributed by atoms with E-state index in [1.54, 1.807) is 18.7 Å². The molecule has 3 aromatic rings. The molecule has 0 saturated carbocycles. The van der Waals surface area contributed by atoms with E-state index in [1.807, 2.05) is 16.5 Å². The molecule has 13 heavy (non-hydrogen) atoms. The fourth-order valence-corrected chi connectivity index (χ4v) is 1.32. The van der Waals surface area contributed by atoms with Crippen molar-refractivity contribution in [2.24, 2.45) is 0 Å². The van der Waals surface area contributed by atoms with E-state index in [4.69, 9.17) is 0 Å². The zero-order valence-corrected chi connectivity index (χ0v) is 6.62. The quantitative estimate of drug-likeness (QED) is 0.499. The monoisotopic (exact) mass is 171 g/mol. The molecule has 0 aromatic carbocycles. The number of hydrogen-bond donors (Lipinski definition) is 0. The molecule has 5 heteroatoms. The summed E-state index contributed by atoms with van der Waals surface area (Å²) < 4.78 is 1.81. The Hall–Kier alpha value is -2.04. The molecular weight excluding hydrogens is 166 g/mol. The van der Waals surface area contributed by atoms with Crippen molar-refractivity contribution in [3.05, 3.63) is 30.9 Å². The summed E-state index contributed by atoms with van der Waals surface area (Å²) >= 11 is 0. The fraction of sp³-hybridized carbons (Fsp3) is 0. The summed E-state index contributed by atoms with van der Waals surface area (Å²) in [5.74, 6) is 0.598. The van der Waals surface area contributed by atoms with Crippen LogP contribution >= 0.6 is 0 Å². The topological polar surface area (TPSA) is 56.0 Å². The number of fused-ring (bicyclic) bond motifs is 3. The fourth-order valence-electron chi connectivity index (χ4n) is 1.32. The van der Waals surface area contributed by atoms with E-state index in [2.05, 4.69) is 20.2 Å². The molecule has 3 heterocycles. The van der Waals surface area contributed by atoms with Crippen molar-refractivity contribution in [2.45, 2.75) is 0 Å². The van der Waals surface area contributed by atoms with Gasteiger partial charge in [-0.25, -0.2) is 4.98 Å². The first kappa shape index (κ1) is 6.47. The van der Waals surface area contributed by atoms with Crippen molar-refractivity contribution in [3.8, 4) is 0 Å². The molecule has 3 aromatic heterocycles. The highest BCUT2D eigenvalue weighted by Crippen LogP contribution is 2.09. The van der Waals surface area contributed by atoms with Crippen LogP contribution < -0.4 is 0 Å². The third-order valence-electron chi connectivity index (χ3n) is 1.91. The Morgan fingerprint density at radius 1 is 1.23 bits per heavy atom. The van der Waals surface area contributed by atoms with Crippen LogP contribution in [0.5, 0.6) is 0 Å². The van der Waals surface area contributed by atoms with Gasteiger partial charge in [0.05, 0.1) is 11.7 Å². The normalized spacial score (nSPS) is 11.1. The van der Waals surface area contributed by atoms with Crippen LogP contribution in [0.1, 0.15) is 0 Å². The lowest BCUT2D eigenvalue weighted by molar-refractivity contribution is 1.10. The van der Waals surface area contributed by atoms with Gasteiger partial charge in [-0.2, -0.15) is 0 Å². The standard InChI is InChI=1S/C8H5N5/c1-2-7-6(9-3-1)4-10-8-12-11-5-13(7)8/h1-5H. The predicted octanol–water partition coefficient (Wildman–Crippen LogP) is 0.672. The Bertz CT molecular complexity index is 571. The van der Waals surface area contributed by atoms with Crippen molar-refractivity contribution in [1.29, 1.82) is 0 Å². The molecular formula is C8H5N5. The van der Waals surface area contributed by atoms with Gasteiger partial charge in [-0.05, 0) is 12.1 Å². The number of pyridine rings is 1. The summed E-state index contributed by atoms with van der Waals surface area (Å²) in [4.78, 5) is 8.27. The highest BCUT2D eigenvalue weighted by Gasteiger charge is 2.00. The number of rotatable bonds is 0. The first-order valence-electron chi connectivity index (χ1n) is 3.84. The lowest BCUT2D eigenvalue weighted by Crippen LogP contribution is -1.91. The van der Waals surface area contributed by atoms with Gasteiger partial charge < -0.3 is 0 Å². The molecule has 0 fully saturated rings. The first-order chi connectivity index (χ1) is 6.45. The maximum absolute atomic E-state index is 4.17. The Morgan fingerprint density at radius 2 is 2.23 bits per heavy atom. The van der Waals surface area contributed by atoms with Gasteiger partial charge in [0.25, 0.3) is 5.78 Å². The van der Waals surface area contributed by atoms with Crippen LogP contribution in [0.25, 0.3) is 16.8 Å². The van der Waals surface area contributed by atoms with Gasteiger partial charge in [-0.3, -0.25) is 9.38 Å². The minimum Gasteiger partial charge on any atom is -0.264 e. The summed E-state index contributed by atoms with van der Waals surface area (Å²) in [7, 11) is 0. The summed E-state index contributed by atoms with van der Waals surface area (Å²) in [6.07, 6.45) is 5.06. The molecule has 0 saturated heterocycles. The minimum absolute atomic E-state index is 0.598. The van der Waals surface area contributed by atoms with E-state index in [1.165, 1.54) is 0 Å². The van der Waals surface area contributed by atoms with Gasteiger partial charge >= 0.3 is 0 Å². The molecule has 5 nitrogen and oxygen atoms in total. The van der Waals surface area contributed by atoms with Crippen molar-refractivity contribution in [1.82, 2.24) is 24.6 Å². The van der Waals surface area contributed by atoms with Crippen LogP contribution in [-0.4, -0.2) is 24.6 Å². The van der Waals surface area contributed by atoms with E-state index in [0.29, 0.717) is 5.78 Å². The van der Waals surface area contributed by atoms with E-state index >= 15 is 0 Å². The van der Waals surface area contributed by atoms with Crippen molar-refractivity contribution >= 4 is 16.8 Å². The predicted molar refractivity (Wildman–Crippen MR) is 46.1 cm³/mol. The minimum atomic E-state index is 0.598. The molecule has 0 unspecified atom stereocenters. The molecule has 0 radical (unpaired) electrons. The molecule has 0 spiro atoms. The summed E-state index contributed by atoms with van der Waals surface area (Å²) in [5.41, 5.74) is 1.81. The molecule has 0 atom stereocenters. The average Bonchev–Trinajstić information content (AvgIpc) is 2.65. The third-order valence-corrected chi connectivity index (χ3v) is 1.91. The molecule has 0 bridgehead atoms. The lowest BCUT2D eigenvalue weighted by Gasteiger charge is -1.97. The highest BCUT2D eigenvalue weighted by atomic mass is 15.3. The Kier molecular flexibility index (Phi) is 1.11. The molecule has 0 aliphatic carbocycles. The second kappa shape index (κ2) is 2.22. The van der Waals surface area contributed by atoms with Gasteiger partial charge in [0, 0.05) is 6.20 Å². The van der Waals surface area contributed by atoms with Gasteiger partial charge in [0.1, 0.15) is 11.8 Å². The second-order valence-corrected chi connectivity index (χ2v) is 2.67. The molecule has 3 rings (SSSR count). The first-order valence-corrected chi connectivity index (χ1v) is 3.84. The maximum atomic E-state index is 4.17. The largest absolute Gasteiger partial charge is 0.264 e. The van der Waals surface area contributed by atoms with Crippen molar-refractivity contribution < 1.29 is 0 Å². The van der Waals surface area contributed by atoms with E-state index in [9.17, 15) is 0 Å². The second-order valence-electron chi connectivity index (χ2n) is 2.67. The zero-order valence-electron chi connectivity index (χ0n) is 6.62. The Balaban J connectivity index is 2.65. The van der Waals surface area contributed by atoms with Crippen LogP contribution in [0.2, 0.25) is 0 Å². The summed E-state index contributed by atoms with van der Waals surface area (Å²) in [6, 6.07) is 3.84. The lowest BCUT2D eigenvalue weighted by atomic mass is 10.4. The highest BCUT2D eigenvalue weighted by molar-refractivity contribution is 5.75. The van der Waals surface area contributed by atoms with Gasteiger partial charge in [0.2, 0.25) is 0 Å². The van der Waals surface area contributed by atoms with Crippen LogP contribution in [0, 0.1) is 0 Å². The number of aromatic nitrogens is 5. The molecule has 0 aliphatic heterocycles. The van der Waals surface area contributed by atoms with Gasteiger partial charge in [-0.15, -0.1) is 10.2 Å². The van der Waals surface area contributed by atoms with Crippen LogP contribution in [0.3, 0.4) is 0 Å². The molecule has 0 N–H and O–H groups in total. The summed E-state index contributed by atoms with van der Waals surface area (Å²) in [6.45, 7) is 0. The van der Waals surface area contributed by atoms with Gasteiger partial charge in [-0.1, -0.05) is 0 Å². The van der Waals surface area contributed by atoms with Crippen LogP contribution in [-0.2, 0) is 0 Å². The molecule has 62 valence electrons. The van der Waals surface area contributed by atoms with E-state index < -0.39 is 0 Å². The van der Waals surface area contributed by atoms with Crippen LogP contribution in [0.4, 0.5) is 0 Å². The van der Waals surface area contributed by atoms with Crippen molar-refractivity contribution in [2.75, 3.05) is 0 Å². The Morgan fingerprint density at radius 3 is 3.23 bits per heavy atom. The SMILES string of the molecule is c1cnc2cnc3nncn3c2c1. The smallest absolute Gasteiger partial charge is 0.255 e. The zero-order chi connectivity index (χ0) is 8.67. The number of nitrogens with zero attached hydrogens (tertiary/aromatic N) is 5. The van der Waals surface area contributed by atoms with Gasteiger partial charge in [0.15, 0.2) is 0 Å². The van der Waals surface area contributed by atoms with Crippen LogP contribution in [0.15, 0.2) is 30.9 Å². The van der Waals surface area contributed by atoms with E-state index in [-0.39, 0.29) is 0 Å². The van der Waals surface area contributed by atoms with Crippen molar-refractivity contribution in [3.63, 3.8) is 0 Å². The number of hydrogen-bond acceptors (Lipinski definition) is 4. The third kappa shape index (κ3) is 0.807. The summed E-state index contributed by atoms with van der Waals surface area (Å²) in [5, 5.41) is 7.62. The maximum Gasteiger partial charge on any atom is 0.255 e. The Labute approximate surface area is 73.1 Å². The molecule has 0 amide bonds. The molecule has 0 aliphatic rings. The van der Waals surface area contributed by atoms with E-state index in [0.717, 1.165) is 11.0 Å². The average molecular weight is 171 g/mol.